The third kappa shape index (κ3) is 4.09. The van der Waals surface area contributed by atoms with Gasteiger partial charge in [0.15, 0.2) is 0 Å². The highest BCUT2D eigenvalue weighted by molar-refractivity contribution is 9.10. The molecule has 21 heavy (non-hydrogen) atoms. The van der Waals surface area contributed by atoms with E-state index in [9.17, 15) is 0 Å². The molecule has 2 aromatic carbocycles. The Morgan fingerprint density at radius 3 is 2.29 bits per heavy atom. The van der Waals surface area contributed by atoms with E-state index in [4.69, 9.17) is 17.3 Å². The second-order valence-corrected chi connectivity index (χ2v) is 7.63. The summed E-state index contributed by atoms with van der Waals surface area (Å²) >= 11 is 9.76. The zero-order valence-electron chi connectivity index (χ0n) is 12.7. The highest BCUT2D eigenvalue weighted by Crippen LogP contribution is 2.31. The Hall–Kier alpha value is -0.830. The molecule has 0 spiro atoms. The monoisotopic (exact) mass is 365 g/mol. The molecule has 1 atom stereocenters. The van der Waals surface area contributed by atoms with Crippen LogP contribution in [0.5, 0.6) is 0 Å². The van der Waals surface area contributed by atoms with Gasteiger partial charge in [-0.05, 0) is 50.5 Å². The summed E-state index contributed by atoms with van der Waals surface area (Å²) in [7, 11) is 0. The van der Waals surface area contributed by atoms with Crippen LogP contribution in [0.3, 0.4) is 0 Å². The van der Waals surface area contributed by atoms with E-state index >= 15 is 0 Å². The third-order valence-corrected chi connectivity index (χ3v) is 4.97. The van der Waals surface area contributed by atoms with Crippen LogP contribution in [0, 0.1) is 0 Å². The SMILES string of the molecule is CC(C)(C)c1ccc(CC(N)c2cccc(Br)c2Cl)cc1. The summed E-state index contributed by atoms with van der Waals surface area (Å²) in [5.74, 6) is 0. The van der Waals surface area contributed by atoms with Gasteiger partial charge in [0.05, 0.1) is 5.02 Å². The van der Waals surface area contributed by atoms with Crippen LogP contribution in [0.25, 0.3) is 0 Å². The molecule has 0 aliphatic carbocycles. The molecule has 2 N–H and O–H groups in total. The summed E-state index contributed by atoms with van der Waals surface area (Å²) in [6.45, 7) is 6.65. The number of rotatable bonds is 3. The first kappa shape index (κ1) is 16.5. The van der Waals surface area contributed by atoms with Gasteiger partial charge in [0, 0.05) is 10.5 Å². The van der Waals surface area contributed by atoms with Gasteiger partial charge in [-0.3, -0.25) is 0 Å². The number of nitrogens with two attached hydrogens (primary N) is 1. The maximum atomic E-state index is 6.32. The van der Waals surface area contributed by atoms with Crippen LogP contribution in [-0.4, -0.2) is 0 Å². The Balaban J connectivity index is 2.16. The first-order valence-electron chi connectivity index (χ1n) is 7.08. The Bertz CT molecular complexity index is 614. The summed E-state index contributed by atoms with van der Waals surface area (Å²) < 4.78 is 0.889. The molecule has 0 amide bonds. The molecule has 1 unspecified atom stereocenters. The maximum Gasteiger partial charge on any atom is 0.0595 e. The standard InChI is InChI=1S/C18H21BrClN/c1-18(2,3)13-9-7-12(8-10-13)11-16(21)14-5-4-6-15(19)17(14)20/h4-10,16H,11,21H2,1-3H3. The molecule has 0 fully saturated rings. The van der Waals surface area contributed by atoms with Crippen molar-refractivity contribution in [1.29, 1.82) is 0 Å². The zero-order valence-corrected chi connectivity index (χ0v) is 15.0. The van der Waals surface area contributed by atoms with Crippen LogP contribution in [0.2, 0.25) is 5.02 Å². The highest BCUT2D eigenvalue weighted by atomic mass is 79.9. The Morgan fingerprint density at radius 2 is 1.71 bits per heavy atom. The van der Waals surface area contributed by atoms with Crippen molar-refractivity contribution in [3.8, 4) is 0 Å². The van der Waals surface area contributed by atoms with E-state index < -0.39 is 0 Å². The Labute approximate surface area is 140 Å². The normalized spacial score (nSPS) is 13.2. The van der Waals surface area contributed by atoms with Gasteiger partial charge in [0.2, 0.25) is 0 Å². The molecule has 0 saturated carbocycles. The Kier molecular flexibility index (Phi) is 5.13. The fourth-order valence-electron chi connectivity index (χ4n) is 2.31. The highest BCUT2D eigenvalue weighted by Gasteiger charge is 2.15. The lowest BCUT2D eigenvalue weighted by molar-refractivity contribution is 0.589. The molecule has 0 aliphatic heterocycles. The quantitative estimate of drug-likeness (QED) is 0.747. The maximum absolute atomic E-state index is 6.32. The topological polar surface area (TPSA) is 26.0 Å². The van der Waals surface area contributed by atoms with E-state index in [1.165, 1.54) is 11.1 Å². The lowest BCUT2D eigenvalue weighted by Crippen LogP contribution is -2.15. The number of benzene rings is 2. The number of halogens is 2. The summed E-state index contributed by atoms with van der Waals surface area (Å²) in [6.07, 6.45) is 0.778. The lowest BCUT2D eigenvalue weighted by atomic mass is 9.86. The second kappa shape index (κ2) is 6.51. The van der Waals surface area contributed by atoms with Crippen molar-refractivity contribution in [2.45, 2.75) is 38.6 Å². The van der Waals surface area contributed by atoms with E-state index in [1.807, 2.05) is 18.2 Å². The van der Waals surface area contributed by atoms with Gasteiger partial charge >= 0.3 is 0 Å². The van der Waals surface area contributed by atoms with E-state index in [2.05, 4.69) is 61.0 Å². The van der Waals surface area contributed by atoms with Gasteiger partial charge in [-0.1, -0.05) is 68.8 Å². The first-order valence-corrected chi connectivity index (χ1v) is 8.25. The van der Waals surface area contributed by atoms with Crippen molar-refractivity contribution in [2.24, 2.45) is 5.73 Å². The van der Waals surface area contributed by atoms with E-state index in [0.29, 0.717) is 5.02 Å². The minimum atomic E-state index is -0.101. The average molecular weight is 367 g/mol. The molecule has 3 heteroatoms. The van der Waals surface area contributed by atoms with Gasteiger partial charge in [-0.25, -0.2) is 0 Å². The van der Waals surface area contributed by atoms with Crippen LogP contribution in [0.15, 0.2) is 46.9 Å². The van der Waals surface area contributed by atoms with Crippen molar-refractivity contribution >= 4 is 27.5 Å². The molecule has 0 aromatic heterocycles. The molecular formula is C18H21BrClN. The van der Waals surface area contributed by atoms with Gasteiger partial charge < -0.3 is 5.73 Å². The molecule has 0 heterocycles. The average Bonchev–Trinajstić information content (AvgIpc) is 2.41. The molecular weight excluding hydrogens is 346 g/mol. The fraction of sp³-hybridized carbons (Fsp3) is 0.333. The lowest BCUT2D eigenvalue weighted by Gasteiger charge is -2.20. The summed E-state index contributed by atoms with van der Waals surface area (Å²) in [4.78, 5) is 0. The predicted molar refractivity (Wildman–Crippen MR) is 94.9 cm³/mol. The fourth-order valence-corrected chi connectivity index (χ4v) is 2.96. The van der Waals surface area contributed by atoms with Crippen LogP contribution in [-0.2, 0) is 11.8 Å². The van der Waals surface area contributed by atoms with Crippen LogP contribution >= 0.6 is 27.5 Å². The van der Waals surface area contributed by atoms with Gasteiger partial charge in [-0.15, -0.1) is 0 Å². The molecule has 2 aromatic rings. The predicted octanol–water partition coefficient (Wildman–Crippen LogP) is 5.64. The summed E-state index contributed by atoms with van der Waals surface area (Å²) in [5.41, 5.74) is 10.0. The third-order valence-electron chi connectivity index (χ3n) is 3.66. The van der Waals surface area contributed by atoms with Crippen LogP contribution in [0.1, 0.15) is 43.5 Å². The molecule has 1 nitrogen and oxygen atoms in total. The van der Waals surface area contributed by atoms with E-state index in [-0.39, 0.29) is 11.5 Å². The van der Waals surface area contributed by atoms with Crippen molar-refractivity contribution in [3.05, 3.63) is 68.7 Å². The second-order valence-electron chi connectivity index (χ2n) is 6.40. The Morgan fingerprint density at radius 1 is 1.10 bits per heavy atom. The largest absolute Gasteiger partial charge is 0.324 e. The van der Waals surface area contributed by atoms with Crippen LogP contribution < -0.4 is 5.73 Å². The smallest absolute Gasteiger partial charge is 0.0595 e. The van der Waals surface area contributed by atoms with Crippen molar-refractivity contribution in [3.63, 3.8) is 0 Å². The zero-order chi connectivity index (χ0) is 15.6. The molecule has 112 valence electrons. The first-order chi connectivity index (χ1) is 9.79. The van der Waals surface area contributed by atoms with E-state index in [0.717, 1.165) is 16.5 Å². The summed E-state index contributed by atoms with van der Waals surface area (Å²) in [5, 5.41) is 0.705. The number of hydrogen-bond acceptors (Lipinski definition) is 1. The van der Waals surface area contributed by atoms with Gasteiger partial charge in [-0.2, -0.15) is 0 Å². The van der Waals surface area contributed by atoms with Gasteiger partial charge in [0.1, 0.15) is 0 Å². The van der Waals surface area contributed by atoms with E-state index in [1.54, 1.807) is 0 Å². The van der Waals surface area contributed by atoms with Crippen LogP contribution in [0.4, 0.5) is 0 Å². The molecule has 0 radical (unpaired) electrons. The van der Waals surface area contributed by atoms with Gasteiger partial charge in [0.25, 0.3) is 0 Å². The molecule has 2 rings (SSSR count). The number of hydrogen-bond donors (Lipinski definition) is 1. The minimum absolute atomic E-state index is 0.101. The summed E-state index contributed by atoms with van der Waals surface area (Å²) in [6, 6.07) is 14.5. The minimum Gasteiger partial charge on any atom is -0.324 e. The molecule has 0 aliphatic rings. The van der Waals surface area contributed by atoms with Crippen molar-refractivity contribution < 1.29 is 0 Å². The molecule has 0 bridgehead atoms. The van der Waals surface area contributed by atoms with Crippen molar-refractivity contribution in [1.82, 2.24) is 0 Å². The van der Waals surface area contributed by atoms with Crippen molar-refractivity contribution in [2.75, 3.05) is 0 Å². The molecule has 0 saturated heterocycles.